The summed E-state index contributed by atoms with van der Waals surface area (Å²) < 4.78 is 0. The topological polar surface area (TPSA) is 35.5 Å². The van der Waals surface area contributed by atoms with E-state index in [4.69, 9.17) is 5.11 Å². The molecular formula is C16H26N2O. The van der Waals surface area contributed by atoms with Crippen LogP contribution in [0.5, 0.6) is 0 Å². The molecule has 3 heteroatoms. The fourth-order valence-electron chi connectivity index (χ4n) is 2.78. The molecule has 0 saturated carbocycles. The van der Waals surface area contributed by atoms with Crippen molar-refractivity contribution in [3.8, 4) is 0 Å². The van der Waals surface area contributed by atoms with Crippen LogP contribution in [0.4, 0.5) is 0 Å². The lowest BCUT2D eigenvalue weighted by molar-refractivity contribution is 0.179. The average molecular weight is 262 g/mol. The van der Waals surface area contributed by atoms with Crippen LogP contribution in [0.25, 0.3) is 0 Å². The summed E-state index contributed by atoms with van der Waals surface area (Å²) in [5.74, 6) is 0. The summed E-state index contributed by atoms with van der Waals surface area (Å²) in [6, 6.07) is 11.7. The van der Waals surface area contributed by atoms with E-state index >= 15 is 0 Å². The molecule has 2 N–H and O–H groups in total. The van der Waals surface area contributed by atoms with E-state index in [1.54, 1.807) is 0 Å². The van der Waals surface area contributed by atoms with Gasteiger partial charge in [-0.25, -0.2) is 0 Å². The molecule has 1 aliphatic heterocycles. The third-order valence-electron chi connectivity index (χ3n) is 3.92. The number of aliphatic hydroxyl groups excluding tert-OH is 1. The fourth-order valence-corrected chi connectivity index (χ4v) is 2.78. The normalized spacial score (nSPS) is 19.5. The Morgan fingerprint density at radius 2 is 1.95 bits per heavy atom. The predicted molar refractivity (Wildman–Crippen MR) is 79.0 cm³/mol. The maximum Gasteiger partial charge on any atom is 0.0445 e. The summed E-state index contributed by atoms with van der Waals surface area (Å²) in [5, 5.41) is 12.5. The number of piperidine rings is 1. The first-order chi connectivity index (χ1) is 9.28. The van der Waals surface area contributed by atoms with Crippen LogP contribution >= 0.6 is 0 Å². The van der Waals surface area contributed by atoms with Crippen molar-refractivity contribution in [2.24, 2.45) is 0 Å². The smallest absolute Gasteiger partial charge is 0.0445 e. The van der Waals surface area contributed by atoms with E-state index in [2.05, 4.69) is 47.5 Å². The number of hydrogen-bond donors (Lipinski definition) is 2. The van der Waals surface area contributed by atoms with Crippen molar-refractivity contribution >= 4 is 0 Å². The van der Waals surface area contributed by atoms with E-state index in [0.717, 1.165) is 13.0 Å². The second-order valence-corrected chi connectivity index (χ2v) is 5.62. The van der Waals surface area contributed by atoms with Crippen LogP contribution in [0.15, 0.2) is 30.3 Å². The van der Waals surface area contributed by atoms with Gasteiger partial charge in [-0.15, -0.1) is 0 Å². The molecule has 0 spiro atoms. The first-order valence-electron chi connectivity index (χ1n) is 7.41. The molecule has 0 aromatic heterocycles. The Kier molecular flexibility index (Phi) is 5.83. The molecule has 1 aromatic carbocycles. The van der Waals surface area contributed by atoms with Gasteiger partial charge in [0.25, 0.3) is 0 Å². The molecule has 1 fully saturated rings. The highest BCUT2D eigenvalue weighted by Crippen LogP contribution is 2.14. The third kappa shape index (κ3) is 4.94. The molecule has 1 saturated heterocycles. The van der Waals surface area contributed by atoms with E-state index in [1.165, 1.54) is 31.5 Å². The lowest BCUT2D eigenvalue weighted by Gasteiger charge is -2.34. The van der Waals surface area contributed by atoms with E-state index in [-0.39, 0.29) is 6.61 Å². The van der Waals surface area contributed by atoms with Gasteiger partial charge in [0.2, 0.25) is 0 Å². The van der Waals surface area contributed by atoms with Crippen molar-refractivity contribution in [3.63, 3.8) is 0 Å². The number of rotatable bonds is 6. The number of likely N-dealkylation sites (tertiary alicyclic amines) is 1. The minimum Gasteiger partial charge on any atom is -0.396 e. The van der Waals surface area contributed by atoms with Crippen molar-refractivity contribution in [2.45, 2.75) is 44.8 Å². The van der Waals surface area contributed by atoms with Crippen LogP contribution in [0.2, 0.25) is 0 Å². The molecule has 1 aromatic rings. The number of nitrogens with zero attached hydrogens (tertiary/aromatic N) is 1. The Morgan fingerprint density at radius 3 is 2.58 bits per heavy atom. The molecule has 0 radical (unpaired) electrons. The van der Waals surface area contributed by atoms with Crippen LogP contribution in [0, 0.1) is 0 Å². The second-order valence-electron chi connectivity index (χ2n) is 5.62. The molecule has 19 heavy (non-hydrogen) atoms. The zero-order chi connectivity index (χ0) is 13.5. The van der Waals surface area contributed by atoms with Crippen LogP contribution in [-0.2, 0) is 6.54 Å². The predicted octanol–water partition coefficient (Wildman–Crippen LogP) is 2.01. The van der Waals surface area contributed by atoms with Crippen LogP contribution in [0.3, 0.4) is 0 Å². The molecule has 2 rings (SSSR count). The molecule has 1 aliphatic rings. The highest BCUT2D eigenvalue weighted by Gasteiger charge is 2.20. The highest BCUT2D eigenvalue weighted by molar-refractivity contribution is 5.14. The molecule has 0 bridgehead atoms. The van der Waals surface area contributed by atoms with Crippen LogP contribution in [-0.4, -0.2) is 41.8 Å². The van der Waals surface area contributed by atoms with Gasteiger partial charge in [-0.2, -0.15) is 0 Å². The van der Waals surface area contributed by atoms with Crippen LogP contribution < -0.4 is 5.32 Å². The van der Waals surface area contributed by atoms with Crippen LogP contribution in [0.1, 0.15) is 31.7 Å². The van der Waals surface area contributed by atoms with Crippen molar-refractivity contribution in [2.75, 3.05) is 19.7 Å². The zero-order valence-electron chi connectivity index (χ0n) is 11.9. The molecule has 1 heterocycles. The third-order valence-corrected chi connectivity index (χ3v) is 3.92. The molecule has 106 valence electrons. The van der Waals surface area contributed by atoms with Gasteiger partial charge < -0.3 is 10.4 Å². The molecular weight excluding hydrogens is 236 g/mol. The monoisotopic (exact) mass is 262 g/mol. The van der Waals surface area contributed by atoms with E-state index in [9.17, 15) is 0 Å². The van der Waals surface area contributed by atoms with Gasteiger partial charge in [0.15, 0.2) is 0 Å². The number of nitrogens with one attached hydrogen (secondary N) is 1. The summed E-state index contributed by atoms with van der Waals surface area (Å²) >= 11 is 0. The standard InChI is InChI=1S/C16H26N2O/c1-14(9-12-19)17-16-7-10-18(11-8-16)13-15-5-3-2-4-6-15/h2-6,14,16-17,19H,7-13H2,1H3. The maximum atomic E-state index is 8.92. The Labute approximate surface area is 116 Å². The molecule has 0 aliphatic carbocycles. The van der Waals surface area contributed by atoms with Crippen molar-refractivity contribution in [1.82, 2.24) is 10.2 Å². The van der Waals surface area contributed by atoms with Crippen molar-refractivity contribution < 1.29 is 5.11 Å². The van der Waals surface area contributed by atoms with Gasteiger partial charge in [-0.3, -0.25) is 4.90 Å². The lowest BCUT2D eigenvalue weighted by atomic mass is 10.0. The molecule has 3 nitrogen and oxygen atoms in total. The van der Waals surface area contributed by atoms with Gasteiger partial charge in [-0.1, -0.05) is 30.3 Å². The molecule has 1 atom stereocenters. The minimum atomic E-state index is 0.279. The first kappa shape index (κ1) is 14.5. The summed E-state index contributed by atoms with van der Waals surface area (Å²) in [5.41, 5.74) is 1.41. The van der Waals surface area contributed by atoms with Gasteiger partial charge in [0.1, 0.15) is 0 Å². The second kappa shape index (κ2) is 7.63. The fraction of sp³-hybridized carbons (Fsp3) is 0.625. The largest absolute Gasteiger partial charge is 0.396 e. The van der Waals surface area contributed by atoms with Gasteiger partial charge in [0, 0.05) is 25.2 Å². The lowest BCUT2D eigenvalue weighted by Crippen LogP contribution is -2.45. The SMILES string of the molecule is CC(CCO)NC1CCN(Cc2ccccc2)CC1. The summed E-state index contributed by atoms with van der Waals surface area (Å²) in [6.07, 6.45) is 3.27. The van der Waals surface area contributed by atoms with E-state index < -0.39 is 0 Å². The van der Waals surface area contributed by atoms with Crippen molar-refractivity contribution in [3.05, 3.63) is 35.9 Å². The van der Waals surface area contributed by atoms with Gasteiger partial charge >= 0.3 is 0 Å². The van der Waals surface area contributed by atoms with Gasteiger partial charge in [0.05, 0.1) is 0 Å². The summed E-state index contributed by atoms with van der Waals surface area (Å²) in [4.78, 5) is 2.53. The Balaban J connectivity index is 1.70. The van der Waals surface area contributed by atoms with Crippen molar-refractivity contribution in [1.29, 1.82) is 0 Å². The summed E-state index contributed by atoms with van der Waals surface area (Å²) in [6.45, 7) is 5.84. The zero-order valence-corrected chi connectivity index (χ0v) is 11.9. The Bertz CT molecular complexity index is 347. The first-order valence-corrected chi connectivity index (χ1v) is 7.41. The average Bonchev–Trinajstić information content (AvgIpc) is 2.42. The molecule has 1 unspecified atom stereocenters. The number of aliphatic hydroxyl groups is 1. The van der Waals surface area contributed by atoms with Gasteiger partial charge in [-0.05, 0) is 44.8 Å². The van der Waals surface area contributed by atoms with E-state index in [1.807, 2.05) is 0 Å². The minimum absolute atomic E-state index is 0.279. The number of benzene rings is 1. The quantitative estimate of drug-likeness (QED) is 0.823. The Morgan fingerprint density at radius 1 is 1.26 bits per heavy atom. The highest BCUT2D eigenvalue weighted by atomic mass is 16.3. The maximum absolute atomic E-state index is 8.92. The van der Waals surface area contributed by atoms with E-state index in [0.29, 0.717) is 12.1 Å². The summed E-state index contributed by atoms with van der Waals surface area (Å²) in [7, 11) is 0. The Hall–Kier alpha value is -0.900. The molecule has 0 amide bonds. The number of hydrogen-bond acceptors (Lipinski definition) is 3.